The molecule has 0 radical (unpaired) electrons. The van der Waals surface area contributed by atoms with Gasteiger partial charge in [-0.2, -0.15) is 0 Å². The van der Waals surface area contributed by atoms with Crippen molar-refractivity contribution in [2.75, 3.05) is 46.0 Å². The van der Waals surface area contributed by atoms with Crippen LogP contribution in [-0.4, -0.2) is 62.9 Å². The molecule has 102 valence electrons. The Morgan fingerprint density at radius 2 is 2.29 bits per heavy atom. The molecule has 0 aromatic heterocycles. The minimum Gasteiger partial charge on any atom is -0.380 e. The van der Waals surface area contributed by atoms with Crippen molar-refractivity contribution < 1.29 is 14.3 Å². The Morgan fingerprint density at radius 1 is 1.53 bits per heavy atom. The number of rotatable bonds is 6. The summed E-state index contributed by atoms with van der Waals surface area (Å²) in [6.45, 7) is 8.60. The van der Waals surface area contributed by atoms with Crippen molar-refractivity contribution in [2.45, 2.75) is 20.0 Å². The number of carbonyl (C=O) groups is 1. The minimum absolute atomic E-state index is 0. The fraction of sp³-hybridized carbons (Fsp3) is 0.909. The molecule has 1 N–H and O–H groups in total. The van der Waals surface area contributed by atoms with Crippen LogP contribution in [0.1, 0.15) is 13.8 Å². The van der Waals surface area contributed by atoms with Crippen LogP contribution in [0.3, 0.4) is 0 Å². The summed E-state index contributed by atoms with van der Waals surface area (Å²) in [5.41, 5.74) is 0. The predicted molar refractivity (Wildman–Crippen MR) is 68.6 cm³/mol. The Bertz CT molecular complexity index is 211. The second-order valence-corrected chi connectivity index (χ2v) is 3.68. The van der Waals surface area contributed by atoms with Gasteiger partial charge in [-0.1, -0.05) is 0 Å². The lowest BCUT2D eigenvalue weighted by Crippen LogP contribution is -2.50. The van der Waals surface area contributed by atoms with E-state index in [-0.39, 0.29) is 24.4 Å². The van der Waals surface area contributed by atoms with Crippen LogP contribution in [-0.2, 0) is 14.3 Å². The van der Waals surface area contributed by atoms with E-state index in [2.05, 4.69) is 5.32 Å². The number of ether oxygens (including phenoxy) is 2. The molecule has 5 nitrogen and oxygen atoms in total. The second-order valence-electron chi connectivity index (χ2n) is 3.68. The molecule has 1 atom stereocenters. The molecule has 1 amide bonds. The van der Waals surface area contributed by atoms with Crippen LogP contribution in [0.5, 0.6) is 0 Å². The van der Waals surface area contributed by atoms with Gasteiger partial charge in [-0.05, 0) is 13.8 Å². The number of nitrogens with zero attached hydrogens (tertiary/aromatic N) is 1. The van der Waals surface area contributed by atoms with Gasteiger partial charge in [-0.25, -0.2) is 0 Å². The van der Waals surface area contributed by atoms with E-state index in [0.717, 1.165) is 6.54 Å². The minimum atomic E-state index is -0.324. The normalized spacial score (nSPS) is 19.5. The highest BCUT2D eigenvalue weighted by Crippen LogP contribution is 2.02. The first kappa shape index (κ1) is 16.6. The summed E-state index contributed by atoms with van der Waals surface area (Å²) in [7, 11) is 0. The van der Waals surface area contributed by atoms with E-state index in [4.69, 9.17) is 9.47 Å². The zero-order valence-corrected chi connectivity index (χ0v) is 11.4. The topological polar surface area (TPSA) is 50.8 Å². The lowest BCUT2D eigenvalue weighted by atomic mass is 10.2. The zero-order chi connectivity index (χ0) is 11.8. The molecule has 0 spiro atoms. The third-order valence-corrected chi connectivity index (χ3v) is 2.61. The van der Waals surface area contributed by atoms with E-state index < -0.39 is 0 Å². The molecule has 1 fully saturated rings. The molecule has 1 rings (SSSR count). The Kier molecular flexibility index (Phi) is 9.44. The molecule has 17 heavy (non-hydrogen) atoms. The SMILES string of the molecule is CCOCCN(CC)C(=O)C1CNCCO1.Cl. The van der Waals surface area contributed by atoms with Crippen LogP contribution >= 0.6 is 12.4 Å². The average molecular weight is 267 g/mol. The van der Waals surface area contributed by atoms with Crippen LogP contribution < -0.4 is 5.32 Å². The van der Waals surface area contributed by atoms with E-state index in [0.29, 0.717) is 39.5 Å². The van der Waals surface area contributed by atoms with E-state index in [9.17, 15) is 4.79 Å². The molecular formula is C11H23ClN2O3. The van der Waals surface area contributed by atoms with Crippen molar-refractivity contribution in [3.05, 3.63) is 0 Å². The standard InChI is InChI=1S/C11H22N2O3.ClH/c1-3-13(6-8-15-4-2)11(14)10-9-12-5-7-16-10;/h10,12H,3-9H2,1-2H3;1H. The fourth-order valence-electron chi connectivity index (χ4n) is 1.67. The first-order valence-corrected chi connectivity index (χ1v) is 5.98. The number of morpholine rings is 1. The maximum absolute atomic E-state index is 12.0. The first-order chi connectivity index (χ1) is 7.79. The smallest absolute Gasteiger partial charge is 0.253 e. The predicted octanol–water partition coefficient (Wildman–Crippen LogP) is 0.282. The molecular weight excluding hydrogens is 244 g/mol. The Morgan fingerprint density at radius 3 is 2.82 bits per heavy atom. The maximum Gasteiger partial charge on any atom is 0.253 e. The van der Waals surface area contributed by atoms with Crippen molar-refractivity contribution in [3.8, 4) is 0 Å². The molecule has 1 saturated heterocycles. The summed E-state index contributed by atoms with van der Waals surface area (Å²) in [5.74, 6) is 0.0643. The van der Waals surface area contributed by atoms with Gasteiger partial charge in [-0.15, -0.1) is 12.4 Å². The molecule has 1 unspecified atom stereocenters. The number of carbonyl (C=O) groups excluding carboxylic acids is 1. The van der Waals surface area contributed by atoms with E-state index in [1.54, 1.807) is 4.90 Å². The highest BCUT2D eigenvalue weighted by molar-refractivity contribution is 5.85. The first-order valence-electron chi connectivity index (χ1n) is 5.98. The number of halogens is 1. The Hall–Kier alpha value is -0.360. The molecule has 0 aliphatic carbocycles. The molecule has 0 saturated carbocycles. The Balaban J connectivity index is 0.00000256. The lowest BCUT2D eigenvalue weighted by Gasteiger charge is -2.29. The van der Waals surface area contributed by atoms with E-state index in [1.807, 2.05) is 13.8 Å². The van der Waals surface area contributed by atoms with Crippen molar-refractivity contribution in [1.29, 1.82) is 0 Å². The van der Waals surface area contributed by atoms with Crippen molar-refractivity contribution in [3.63, 3.8) is 0 Å². The van der Waals surface area contributed by atoms with Crippen LogP contribution in [0.25, 0.3) is 0 Å². The number of amides is 1. The average Bonchev–Trinajstić information content (AvgIpc) is 2.35. The van der Waals surface area contributed by atoms with Crippen LogP contribution in [0, 0.1) is 0 Å². The summed E-state index contributed by atoms with van der Waals surface area (Å²) in [6.07, 6.45) is -0.324. The summed E-state index contributed by atoms with van der Waals surface area (Å²) in [5, 5.41) is 3.16. The second kappa shape index (κ2) is 9.65. The Labute approximate surface area is 109 Å². The molecule has 0 aromatic rings. The highest BCUT2D eigenvalue weighted by atomic mass is 35.5. The number of nitrogens with one attached hydrogen (secondary N) is 1. The van der Waals surface area contributed by atoms with Crippen molar-refractivity contribution in [1.82, 2.24) is 10.2 Å². The third-order valence-electron chi connectivity index (χ3n) is 2.61. The molecule has 6 heteroatoms. The molecule has 1 aliphatic rings. The maximum atomic E-state index is 12.0. The lowest BCUT2D eigenvalue weighted by molar-refractivity contribution is -0.145. The molecule has 1 aliphatic heterocycles. The van der Waals surface area contributed by atoms with Crippen molar-refractivity contribution in [2.24, 2.45) is 0 Å². The van der Waals surface area contributed by atoms with Gasteiger partial charge >= 0.3 is 0 Å². The summed E-state index contributed by atoms with van der Waals surface area (Å²) >= 11 is 0. The van der Waals surface area contributed by atoms with Gasteiger partial charge in [0.15, 0.2) is 0 Å². The number of hydrogen-bond donors (Lipinski definition) is 1. The number of likely N-dealkylation sites (N-methyl/N-ethyl adjacent to an activating group) is 1. The van der Waals surface area contributed by atoms with E-state index >= 15 is 0 Å². The van der Waals surface area contributed by atoms with Crippen LogP contribution in [0.15, 0.2) is 0 Å². The van der Waals surface area contributed by atoms with Gasteiger partial charge in [-0.3, -0.25) is 4.79 Å². The van der Waals surface area contributed by atoms with Gasteiger partial charge in [0.05, 0.1) is 13.2 Å². The molecule has 0 bridgehead atoms. The third kappa shape index (κ3) is 5.68. The van der Waals surface area contributed by atoms with Gasteiger partial charge in [0.2, 0.25) is 0 Å². The summed E-state index contributed by atoms with van der Waals surface area (Å²) in [6, 6.07) is 0. The summed E-state index contributed by atoms with van der Waals surface area (Å²) in [4.78, 5) is 13.8. The zero-order valence-electron chi connectivity index (χ0n) is 10.6. The fourth-order valence-corrected chi connectivity index (χ4v) is 1.67. The van der Waals surface area contributed by atoms with Gasteiger partial charge in [0.25, 0.3) is 5.91 Å². The van der Waals surface area contributed by atoms with Crippen LogP contribution in [0.2, 0.25) is 0 Å². The summed E-state index contributed by atoms with van der Waals surface area (Å²) < 4.78 is 10.7. The molecule has 0 aromatic carbocycles. The number of hydrogen-bond acceptors (Lipinski definition) is 4. The highest BCUT2D eigenvalue weighted by Gasteiger charge is 2.25. The van der Waals surface area contributed by atoms with Gasteiger partial charge in [0, 0.05) is 32.8 Å². The largest absolute Gasteiger partial charge is 0.380 e. The van der Waals surface area contributed by atoms with E-state index in [1.165, 1.54) is 0 Å². The van der Waals surface area contributed by atoms with Crippen LogP contribution in [0.4, 0.5) is 0 Å². The monoisotopic (exact) mass is 266 g/mol. The quantitative estimate of drug-likeness (QED) is 0.702. The molecule has 1 heterocycles. The van der Waals surface area contributed by atoms with Gasteiger partial charge in [0.1, 0.15) is 6.10 Å². The van der Waals surface area contributed by atoms with Crippen molar-refractivity contribution >= 4 is 18.3 Å². The van der Waals surface area contributed by atoms with Gasteiger partial charge < -0.3 is 19.7 Å².